The highest BCUT2D eigenvalue weighted by atomic mass is 16.6. The van der Waals surface area contributed by atoms with Gasteiger partial charge in [-0.15, -0.1) is 0 Å². The average Bonchev–Trinajstić information content (AvgIpc) is 3.46. The number of hydrogen-bond acceptors (Lipinski definition) is 6. The largest absolute Gasteiger partial charge is 0.462 e. The van der Waals surface area contributed by atoms with Gasteiger partial charge in [0.15, 0.2) is 6.10 Å². The van der Waals surface area contributed by atoms with Gasteiger partial charge in [-0.1, -0.05) is 325 Å². The van der Waals surface area contributed by atoms with Gasteiger partial charge in [-0.2, -0.15) is 0 Å². The number of ether oxygens (including phenoxy) is 3. The highest BCUT2D eigenvalue weighted by molar-refractivity contribution is 5.71. The van der Waals surface area contributed by atoms with Crippen LogP contribution < -0.4 is 0 Å². The number of hydrogen-bond donors (Lipinski definition) is 0. The zero-order valence-electron chi connectivity index (χ0n) is 53.3. The standard InChI is InChI=1S/C74H132O6/c1-4-7-10-13-16-19-22-25-28-30-32-34-36-38-39-41-43-46-49-52-55-58-61-64-67-73(76)79-70-71(69-78-72(75)66-63-60-57-54-51-48-45-27-24-21-18-15-12-9-6-3)80-74(77)68-65-62-59-56-53-50-47-44-42-40-37-35-33-31-29-26-23-20-17-14-11-8-5-2/h9,12,18,21,23,26-27,31,33,45,51,54,71H,4-8,10-11,13-17,19-20,22,24-25,28-30,32,34-44,46-50,52-53,55-70H2,1-3H3/b12-9-,21-18-,26-23-,33-31-,45-27-,54-51-. The van der Waals surface area contributed by atoms with E-state index in [1.807, 2.05) is 0 Å². The van der Waals surface area contributed by atoms with Gasteiger partial charge in [0.25, 0.3) is 0 Å². The molecule has 0 aliphatic rings. The van der Waals surface area contributed by atoms with Crippen molar-refractivity contribution < 1.29 is 28.6 Å². The van der Waals surface area contributed by atoms with Crippen molar-refractivity contribution in [3.8, 4) is 0 Å². The minimum atomic E-state index is -0.794. The van der Waals surface area contributed by atoms with Gasteiger partial charge in [-0.3, -0.25) is 14.4 Å². The number of rotatable bonds is 64. The molecule has 0 saturated carbocycles. The van der Waals surface area contributed by atoms with Gasteiger partial charge in [0, 0.05) is 19.3 Å². The maximum absolute atomic E-state index is 13.0. The second kappa shape index (κ2) is 68.3. The number of carbonyl (C=O) groups excluding carboxylic acids is 3. The molecule has 0 aromatic heterocycles. The van der Waals surface area contributed by atoms with E-state index in [-0.39, 0.29) is 31.1 Å². The van der Waals surface area contributed by atoms with E-state index in [4.69, 9.17) is 14.2 Å². The van der Waals surface area contributed by atoms with Crippen LogP contribution in [0.1, 0.15) is 361 Å². The van der Waals surface area contributed by atoms with Crippen molar-refractivity contribution in [3.05, 3.63) is 72.9 Å². The summed E-state index contributed by atoms with van der Waals surface area (Å²) in [6, 6.07) is 0. The molecule has 0 aliphatic carbocycles. The fraction of sp³-hybridized carbons (Fsp3) is 0.797. The van der Waals surface area contributed by atoms with E-state index in [1.54, 1.807) is 0 Å². The topological polar surface area (TPSA) is 78.9 Å². The number of carbonyl (C=O) groups is 3. The van der Waals surface area contributed by atoms with Crippen LogP contribution in [0, 0.1) is 0 Å². The summed E-state index contributed by atoms with van der Waals surface area (Å²) in [7, 11) is 0. The van der Waals surface area contributed by atoms with Crippen molar-refractivity contribution in [2.75, 3.05) is 13.2 Å². The molecule has 0 amide bonds. The third kappa shape index (κ3) is 65.7. The monoisotopic (exact) mass is 1120 g/mol. The summed E-state index contributed by atoms with van der Waals surface area (Å²) in [5, 5.41) is 0. The van der Waals surface area contributed by atoms with E-state index >= 15 is 0 Å². The Bertz CT molecular complexity index is 1470. The van der Waals surface area contributed by atoms with Gasteiger partial charge in [0.2, 0.25) is 0 Å². The lowest BCUT2D eigenvalue weighted by molar-refractivity contribution is -0.167. The van der Waals surface area contributed by atoms with Crippen LogP contribution in [0.5, 0.6) is 0 Å². The minimum absolute atomic E-state index is 0.0860. The maximum Gasteiger partial charge on any atom is 0.306 e. The van der Waals surface area contributed by atoms with Crippen LogP contribution in [0.15, 0.2) is 72.9 Å². The van der Waals surface area contributed by atoms with Gasteiger partial charge in [0.1, 0.15) is 13.2 Å². The Morgan fingerprint density at radius 2 is 0.487 bits per heavy atom. The molecular weight excluding hydrogens is 985 g/mol. The summed E-state index contributed by atoms with van der Waals surface area (Å²) in [6.07, 6.45) is 89.3. The van der Waals surface area contributed by atoms with Crippen LogP contribution in [0.4, 0.5) is 0 Å². The molecule has 0 radical (unpaired) electrons. The van der Waals surface area contributed by atoms with Crippen molar-refractivity contribution in [1.82, 2.24) is 0 Å². The molecule has 0 bridgehead atoms. The zero-order chi connectivity index (χ0) is 57.8. The Kier molecular flexibility index (Phi) is 65.7. The quantitative estimate of drug-likeness (QED) is 0.0261. The fourth-order valence-corrected chi connectivity index (χ4v) is 10.2. The highest BCUT2D eigenvalue weighted by Gasteiger charge is 2.19. The van der Waals surface area contributed by atoms with Crippen LogP contribution in [-0.2, 0) is 28.6 Å². The molecular formula is C74H132O6. The molecule has 0 aromatic rings. The predicted molar refractivity (Wildman–Crippen MR) is 348 cm³/mol. The second-order valence-electron chi connectivity index (χ2n) is 23.4. The molecule has 0 spiro atoms. The molecule has 0 saturated heterocycles. The van der Waals surface area contributed by atoms with E-state index in [2.05, 4.69) is 93.7 Å². The Balaban J connectivity index is 4.32. The fourth-order valence-electron chi connectivity index (χ4n) is 10.2. The number of allylic oxidation sites excluding steroid dienone is 12. The molecule has 0 aliphatic heterocycles. The molecule has 0 heterocycles. The summed E-state index contributed by atoms with van der Waals surface area (Å²) in [5.74, 6) is -0.911. The minimum Gasteiger partial charge on any atom is -0.462 e. The molecule has 464 valence electrons. The first-order chi connectivity index (χ1) is 39.5. The van der Waals surface area contributed by atoms with Crippen molar-refractivity contribution >= 4 is 17.9 Å². The van der Waals surface area contributed by atoms with Crippen LogP contribution in [-0.4, -0.2) is 37.2 Å². The van der Waals surface area contributed by atoms with Gasteiger partial charge in [-0.25, -0.2) is 0 Å². The van der Waals surface area contributed by atoms with E-state index in [0.29, 0.717) is 19.3 Å². The van der Waals surface area contributed by atoms with Gasteiger partial charge < -0.3 is 14.2 Å². The van der Waals surface area contributed by atoms with Gasteiger partial charge in [0.05, 0.1) is 0 Å². The summed E-state index contributed by atoms with van der Waals surface area (Å²) in [5.41, 5.74) is 0. The summed E-state index contributed by atoms with van der Waals surface area (Å²) in [4.78, 5) is 38.4. The smallest absolute Gasteiger partial charge is 0.306 e. The summed E-state index contributed by atoms with van der Waals surface area (Å²) in [6.45, 7) is 6.54. The number of esters is 3. The van der Waals surface area contributed by atoms with Crippen LogP contribution in [0.2, 0.25) is 0 Å². The molecule has 1 atom stereocenters. The van der Waals surface area contributed by atoms with Crippen LogP contribution >= 0.6 is 0 Å². The Hall–Kier alpha value is -3.15. The first-order valence-electron chi connectivity index (χ1n) is 34.9. The van der Waals surface area contributed by atoms with Crippen molar-refractivity contribution in [2.24, 2.45) is 0 Å². The van der Waals surface area contributed by atoms with E-state index < -0.39 is 6.10 Å². The third-order valence-corrected chi connectivity index (χ3v) is 15.4. The van der Waals surface area contributed by atoms with Crippen LogP contribution in [0.3, 0.4) is 0 Å². The predicted octanol–water partition coefficient (Wildman–Crippen LogP) is 24.1. The van der Waals surface area contributed by atoms with Crippen LogP contribution in [0.25, 0.3) is 0 Å². The Labute approximate surface area is 497 Å². The SMILES string of the molecule is CC/C=C\C/C=C\C/C=C\C/C=C\CCCCC(=O)OCC(COC(=O)CCCCCCCCCCCCCCCCCCCCCCCCCC)OC(=O)CCCCCCCCCCCCC/C=C\C/C=C\CCCCCCC. The molecule has 0 N–H and O–H groups in total. The summed E-state index contributed by atoms with van der Waals surface area (Å²) >= 11 is 0. The van der Waals surface area contributed by atoms with E-state index in [0.717, 1.165) is 89.9 Å². The lowest BCUT2D eigenvalue weighted by Gasteiger charge is -2.18. The highest BCUT2D eigenvalue weighted by Crippen LogP contribution is 2.18. The zero-order valence-corrected chi connectivity index (χ0v) is 53.3. The first kappa shape index (κ1) is 76.9. The Morgan fingerprint density at radius 1 is 0.263 bits per heavy atom. The maximum atomic E-state index is 13.0. The summed E-state index contributed by atoms with van der Waals surface area (Å²) < 4.78 is 17.0. The van der Waals surface area contributed by atoms with E-state index in [9.17, 15) is 14.4 Å². The first-order valence-corrected chi connectivity index (χ1v) is 34.9. The van der Waals surface area contributed by atoms with Crippen molar-refractivity contribution in [2.45, 2.75) is 367 Å². The molecule has 0 aromatic carbocycles. The second-order valence-corrected chi connectivity index (χ2v) is 23.4. The third-order valence-electron chi connectivity index (χ3n) is 15.4. The van der Waals surface area contributed by atoms with Gasteiger partial charge in [-0.05, 0) is 89.9 Å². The molecule has 0 rings (SSSR count). The molecule has 80 heavy (non-hydrogen) atoms. The van der Waals surface area contributed by atoms with E-state index in [1.165, 1.54) is 231 Å². The van der Waals surface area contributed by atoms with Crippen molar-refractivity contribution in [3.63, 3.8) is 0 Å². The average molecular weight is 1120 g/mol. The normalized spacial score (nSPS) is 12.5. The lowest BCUT2D eigenvalue weighted by atomic mass is 10.0. The van der Waals surface area contributed by atoms with Crippen molar-refractivity contribution in [1.29, 1.82) is 0 Å². The molecule has 6 nitrogen and oxygen atoms in total. The Morgan fingerprint density at radius 3 is 0.787 bits per heavy atom. The molecule has 6 heteroatoms. The molecule has 1 unspecified atom stereocenters. The van der Waals surface area contributed by atoms with Gasteiger partial charge >= 0.3 is 17.9 Å². The molecule has 0 fully saturated rings. The lowest BCUT2D eigenvalue weighted by Crippen LogP contribution is -2.30. The number of unbranched alkanes of at least 4 members (excludes halogenated alkanes) is 41.